The zero-order valence-electron chi connectivity index (χ0n) is 20.7. The van der Waals surface area contributed by atoms with Gasteiger partial charge in [0.1, 0.15) is 17.2 Å². The van der Waals surface area contributed by atoms with E-state index >= 15 is 0 Å². The Balaban J connectivity index is 1.24. The number of hydrogen-bond donors (Lipinski definition) is 2. The lowest BCUT2D eigenvalue weighted by Gasteiger charge is -2.15. The Hall–Kier alpha value is -4.98. The van der Waals surface area contributed by atoms with Gasteiger partial charge in [0, 0.05) is 61.1 Å². The minimum absolute atomic E-state index is 0.698. The van der Waals surface area contributed by atoms with Crippen molar-refractivity contribution < 1.29 is 4.74 Å². The minimum Gasteiger partial charge on any atom is -0.457 e. The van der Waals surface area contributed by atoms with Crippen LogP contribution in [0.5, 0.6) is 11.5 Å². The molecule has 0 amide bonds. The molecule has 0 atom stereocenters. The second kappa shape index (κ2) is 9.23. The van der Waals surface area contributed by atoms with Crippen LogP contribution < -0.4 is 15.0 Å². The third-order valence-electron chi connectivity index (χ3n) is 6.08. The number of nitrogens with one attached hydrogen (secondary N) is 2. The van der Waals surface area contributed by atoms with E-state index in [0.29, 0.717) is 11.6 Å². The maximum Gasteiger partial charge on any atom is 0.157 e. The van der Waals surface area contributed by atoms with E-state index in [9.17, 15) is 0 Å². The molecule has 4 aromatic heterocycles. The number of H-pyrrole nitrogens is 1. The van der Waals surface area contributed by atoms with E-state index in [2.05, 4.69) is 42.3 Å². The van der Waals surface area contributed by atoms with E-state index in [4.69, 9.17) is 9.72 Å². The molecule has 0 spiro atoms. The maximum absolute atomic E-state index is 5.98. The number of imidazole rings is 1. The van der Waals surface area contributed by atoms with Gasteiger partial charge in [-0.2, -0.15) is 0 Å². The number of anilines is 3. The molecular weight excluding hydrogens is 462 g/mol. The molecule has 2 aromatic carbocycles. The lowest BCUT2D eigenvalue weighted by molar-refractivity contribution is 0.482. The third kappa shape index (κ3) is 4.64. The summed E-state index contributed by atoms with van der Waals surface area (Å²) in [6, 6.07) is 21.7. The fourth-order valence-corrected chi connectivity index (χ4v) is 4.17. The molecule has 8 heteroatoms. The van der Waals surface area contributed by atoms with Crippen molar-refractivity contribution >= 4 is 39.0 Å². The van der Waals surface area contributed by atoms with Crippen LogP contribution in [-0.2, 0) is 0 Å². The van der Waals surface area contributed by atoms with Crippen LogP contribution in [0.1, 0.15) is 5.69 Å². The standard InChI is InChI=1S/C29H25N7O/c1-18-14-22(10-12-30-18)37-21-6-9-26-28(16-21)35-29(34-26)27-7-4-19(17-32-27)33-25-11-13-31-24-8-5-20(36(2)3)15-23(24)25/h4-17H,1-3H3,(H,31,33)(H,34,35). The molecule has 0 saturated carbocycles. The average molecular weight is 488 g/mol. The van der Waals surface area contributed by atoms with Gasteiger partial charge in [0.25, 0.3) is 0 Å². The summed E-state index contributed by atoms with van der Waals surface area (Å²) in [5, 5.41) is 4.53. The maximum atomic E-state index is 5.98. The first-order valence-corrected chi connectivity index (χ1v) is 11.9. The van der Waals surface area contributed by atoms with Crippen molar-refractivity contribution in [2.24, 2.45) is 0 Å². The van der Waals surface area contributed by atoms with Crippen LogP contribution in [0, 0.1) is 6.92 Å². The summed E-state index contributed by atoms with van der Waals surface area (Å²) in [5.41, 5.74) is 7.29. The second-order valence-corrected chi connectivity index (χ2v) is 9.01. The quantitative estimate of drug-likeness (QED) is 0.278. The molecule has 0 saturated heterocycles. The molecule has 0 aliphatic rings. The Morgan fingerprint density at radius 2 is 1.68 bits per heavy atom. The summed E-state index contributed by atoms with van der Waals surface area (Å²) in [6.07, 6.45) is 5.35. The number of pyridine rings is 3. The van der Waals surface area contributed by atoms with Gasteiger partial charge in [0.15, 0.2) is 5.82 Å². The largest absolute Gasteiger partial charge is 0.457 e. The molecular formula is C29H25N7O. The highest BCUT2D eigenvalue weighted by atomic mass is 16.5. The van der Waals surface area contributed by atoms with Crippen LogP contribution in [0.4, 0.5) is 17.1 Å². The number of aryl methyl sites for hydroxylation is 1. The Bertz CT molecular complexity index is 1720. The average Bonchev–Trinajstić information content (AvgIpc) is 3.32. The number of hydrogen-bond acceptors (Lipinski definition) is 7. The zero-order valence-corrected chi connectivity index (χ0v) is 20.7. The van der Waals surface area contributed by atoms with Gasteiger partial charge in [-0.25, -0.2) is 4.98 Å². The van der Waals surface area contributed by atoms with Crippen molar-refractivity contribution in [3.05, 3.63) is 91.0 Å². The fourth-order valence-electron chi connectivity index (χ4n) is 4.17. The minimum atomic E-state index is 0.698. The Morgan fingerprint density at radius 1 is 0.811 bits per heavy atom. The van der Waals surface area contributed by atoms with Gasteiger partial charge in [0.05, 0.1) is 28.4 Å². The summed E-state index contributed by atoms with van der Waals surface area (Å²) in [7, 11) is 4.06. The molecule has 0 aliphatic heterocycles. The Kier molecular flexibility index (Phi) is 5.61. The van der Waals surface area contributed by atoms with E-state index in [-0.39, 0.29) is 0 Å². The highest BCUT2D eigenvalue weighted by Gasteiger charge is 2.10. The van der Waals surface area contributed by atoms with Gasteiger partial charge in [-0.3, -0.25) is 15.0 Å². The fraction of sp³-hybridized carbons (Fsp3) is 0.103. The number of fused-ring (bicyclic) bond motifs is 2. The topological polar surface area (TPSA) is 91.8 Å². The van der Waals surface area contributed by atoms with Gasteiger partial charge >= 0.3 is 0 Å². The summed E-state index contributed by atoms with van der Waals surface area (Å²) in [5.74, 6) is 2.15. The molecule has 4 heterocycles. The van der Waals surface area contributed by atoms with Crippen molar-refractivity contribution in [2.75, 3.05) is 24.3 Å². The van der Waals surface area contributed by atoms with Crippen molar-refractivity contribution in [2.45, 2.75) is 6.92 Å². The van der Waals surface area contributed by atoms with Gasteiger partial charge < -0.3 is 19.9 Å². The molecule has 0 aliphatic carbocycles. The molecule has 6 aromatic rings. The first-order chi connectivity index (χ1) is 18.0. The summed E-state index contributed by atoms with van der Waals surface area (Å²) in [6.45, 7) is 1.93. The monoisotopic (exact) mass is 487 g/mol. The number of aromatic amines is 1. The van der Waals surface area contributed by atoms with Crippen LogP contribution >= 0.6 is 0 Å². The molecule has 6 rings (SSSR count). The van der Waals surface area contributed by atoms with Gasteiger partial charge in [-0.05, 0) is 61.5 Å². The number of ether oxygens (including phenoxy) is 1. The highest BCUT2D eigenvalue weighted by molar-refractivity contribution is 5.95. The molecule has 0 unspecified atom stereocenters. The number of aromatic nitrogens is 5. The van der Waals surface area contributed by atoms with E-state index in [1.807, 2.05) is 88.0 Å². The molecule has 37 heavy (non-hydrogen) atoms. The molecule has 182 valence electrons. The Morgan fingerprint density at radius 3 is 2.49 bits per heavy atom. The summed E-state index contributed by atoms with van der Waals surface area (Å²) >= 11 is 0. The van der Waals surface area contributed by atoms with Crippen LogP contribution in [-0.4, -0.2) is 39.0 Å². The van der Waals surface area contributed by atoms with Gasteiger partial charge in [-0.1, -0.05) is 0 Å². The van der Waals surface area contributed by atoms with Gasteiger partial charge in [-0.15, -0.1) is 0 Å². The predicted molar refractivity (Wildman–Crippen MR) is 148 cm³/mol. The summed E-state index contributed by atoms with van der Waals surface area (Å²) < 4.78 is 5.98. The normalized spacial score (nSPS) is 11.1. The molecule has 0 fully saturated rings. The van der Waals surface area contributed by atoms with E-state index in [1.165, 1.54) is 0 Å². The summed E-state index contributed by atoms with van der Waals surface area (Å²) in [4.78, 5) is 23.5. The predicted octanol–water partition coefficient (Wildman–Crippen LogP) is 6.48. The van der Waals surface area contributed by atoms with Crippen molar-refractivity contribution in [3.63, 3.8) is 0 Å². The molecule has 0 radical (unpaired) electrons. The van der Waals surface area contributed by atoms with E-state index in [1.54, 1.807) is 6.20 Å². The van der Waals surface area contributed by atoms with E-state index < -0.39 is 0 Å². The second-order valence-electron chi connectivity index (χ2n) is 9.01. The lowest BCUT2D eigenvalue weighted by Crippen LogP contribution is -2.08. The molecule has 2 N–H and O–H groups in total. The SMILES string of the molecule is Cc1cc(Oc2ccc3[nH]c(-c4ccc(Nc5ccnc6ccc(N(C)C)cc56)cn4)nc3c2)ccn1. The molecule has 8 nitrogen and oxygen atoms in total. The molecule has 0 bridgehead atoms. The first kappa shape index (κ1) is 22.5. The van der Waals surface area contributed by atoms with Crippen molar-refractivity contribution in [1.82, 2.24) is 24.9 Å². The van der Waals surface area contributed by atoms with Gasteiger partial charge in [0.2, 0.25) is 0 Å². The zero-order chi connectivity index (χ0) is 25.4. The van der Waals surface area contributed by atoms with Crippen LogP contribution in [0.3, 0.4) is 0 Å². The van der Waals surface area contributed by atoms with E-state index in [0.717, 1.165) is 56.1 Å². The third-order valence-corrected chi connectivity index (χ3v) is 6.08. The Labute approximate surface area is 214 Å². The lowest BCUT2D eigenvalue weighted by atomic mass is 10.1. The van der Waals surface area contributed by atoms with Crippen molar-refractivity contribution in [3.8, 4) is 23.0 Å². The van der Waals surface area contributed by atoms with Crippen molar-refractivity contribution in [1.29, 1.82) is 0 Å². The number of rotatable bonds is 6. The van der Waals surface area contributed by atoms with Crippen LogP contribution in [0.2, 0.25) is 0 Å². The number of nitrogens with zero attached hydrogens (tertiary/aromatic N) is 5. The van der Waals surface area contributed by atoms with Crippen LogP contribution in [0.15, 0.2) is 85.3 Å². The van der Waals surface area contributed by atoms with Crippen LogP contribution in [0.25, 0.3) is 33.5 Å². The highest BCUT2D eigenvalue weighted by Crippen LogP contribution is 2.30. The smallest absolute Gasteiger partial charge is 0.157 e. The number of benzene rings is 2. The first-order valence-electron chi connectivity index (χ1n) is 11.9.